The number of carbonyl (C=O) groups is 1. The van der Waals surface area contributed by atoms with Crippen molar-refractivity contribution in [1.29, 1.82) is 0 Å². The highest BCUT2D eigenvalue weighted by Gasteiger charge is 2.25. The van der Waals surface area contributed by atoms with Gasteiger partial charge in [0.1, 0.15) is 0 Å². The average molecular weight is 339 g/mol. The maximum atomic E-state index is 12.3. The van der Waals surface area contributed by atoms with Crippen LogP contribution in [-0.4, -0.2) is 23.9 Å². The van der Waals surface area contributed by atoms with Crippen LogP contribution < -0.4 is 10.2 Å². The smallest absolute Gasteiger partial charge is 0.269 e. The maximum Gasteiger partial charge on any atom is 0.269 e. The van der Waals surface area contributed by atoms with E-state index in [9.17, 15) is 14.9 Å². The number of piperidine rings is 1. The van der Waals surface area contributed by atoms with Gasteiger partial charge in [0.25, 0.3) is 5.69 Å². The van der Waals surface area contributed by atoms with Gasteiger partial charge in [0.05, 0.1) is 4.92 Å². The molecule has 1 aliphatic rings. The molecule has 6 heteroatoms. The van der Waals surface area contributed by atoms with Crippen molar-refractivity contribution >= 4 is 17.3 Å². The molecule has 0 saturated carbocycles. The molecule has 130 valence electrons. The Morgan fingerprint density at radius 3 is 2.32 bits per heavy atom. The number of nitrogens with zero attached hydrogens (tertiary/aromatic N) is 2. The minimum Gasteiger partial charge on any atom is -0.371 e. The van der Waals surface area contributed by atoms with Gasteiger partial charge in [-0.05, 0) is 30.5 Å². The summed E-state index contributed by atoms with van der Waals surface area (Å²) >= 11 is 0. The van der Waals surface area contributed by atoms with Crippen LogP contribution in [0.2, 0.25) is 0 Å². The molecule has 0 unspecified atom stereocenters. The first-order chi connectivity index (χ1) is 12.1. The Labute approximate surface area is 146 Å². The van der Waals surface area contributed by atoms with Crippen LogP contribution in [0, 0.1) is 16.0 Å². The largest absolute Gasteiger partial charge is 0.371 e. The fraction of sp³-hybridized carbons (Fsp3) is 0.316. The SMILES string of the molecule is O=C(NCc1ccccc1)C1CCN(c2ccc([N+](=O)[O-])cc2)CC1. The minimum atomic E-state index is -0.396. The summed E-state index contributed by atoms with van der Waals surface area (Å²) in [5, 5.41) is 13.7. The predicted molar refractivity (Wildman–Crippen MR) is 96.3 cm³/mol. The molecule has 25 heavy (non-hydrogen) atoms. The lowest BCUT2D eigenvalue weighted by Gasteiger charge is -2.33. The topological polar surface area (TPSA) is 75.5 Å². The number of rotatable bonds is 5. The zero-order valence-electron chi connectivity index (χ0n) is 13.9. The van der Waals surface area contributed by atoms with Crippen LogP contribution in [0.1, 0.15) is 18.4 Å². The highest BCUT2D eigenvalue weighted by Crippen LogP contribution is 2.25. The molecule has 2 aromatic rings. The number of anilines is 1. The van der Waals surface area contributed by atoms with Crippen LogP contribution in [0.3, 0.4) is 0 Å². The van der Waals surface area contributed by atoms with Crippen molar-refractivity contribution in [3.8, 4) is 0 Å². The zero-order chi connectivity index (χ0) is 17.6. The van der Waals surface area contributed by atoms with Gasteiger partial charge < -0.3 is 10.2 Å². The molecule has 0 spiro atoms. The third-order valence-corrected chi connectivity index (χ3v) is 4.60. The van der Waals surface area contributed by atoms with E-state index in [1.54, 1.807) is 12.1 Å². The van der Waals surface area contributed by atoms with Crippen LogP contribution in [-0.2, 0) is 11.3 Å². The van der Waals surface area contributed by atoms with E-state index in [0.29, 0.717) is 6.54 Å². The van der Waals surface area contributed by atoms with Crippen LogP contribution in [0.15, 0.2) is 54.6 Å². The Balaban J connectivity index is 1.49. The number of carbonyl (C=O) groups excluding carboxylic acids is 1. The first kappa shape index (κ1) is 17.0. The summed E-state index contributed by atoms with van der Waals surface area (Å²) in [4.78, 5) is 24.8. The van der Waals surface area contributed by atoms with Crippen molar-refractivity contribution < 1.29 is 9.72 Å². The fourth-order valence-corrected chi connectivity index (χ4v) is 3.11. The molecule has 6 nitrogen and oxygen atoms in total. The van der Waals surface area contributed by atoms with Gasteiger partial charge in [-0.1, -0.05) is 30.3 Å². The van der Waals surface area contributed by atoms with Gasteiger partial charge >= 0.3 is 0 Å². The second-order valence-electron chi connectivity index (χ2n) is 6.24. The standard InChI is InChI=1S/C19H21N3O3/c23-19(20-14-15-4-2-1-3-5-15)16-10-12-21(13-11-16)17-6-8-18(9-7-17)22(24)25/h1-9,16H,10-14H2,(H,20,23). The van der Waals surface area contributed by atoms with E-state index in [2.05, 4.69) is 10.2 Å². The zero-order valence-corrected chi connectivity index (χ0v) is 13.9. The van der Waals surface area contributed by atoms with E-state index in [0.717, 1.165) is 37.2 Å². The van der Waals surface area contributed by atoms with E-state index in [4.69, 9.17) is 0 Å². The molecule has 1 saturated heterocycles. The summed E-state index contributed by atoms with van der Waals surface area (Å²) < 4.78 is 0. The Morgan fingerprint density at radius 2 is 1.72 bits per heavy atom. The van der Waals surface area contributed by atoms with Crippen molar-refractivity contribution in [2.45, 2.75) is 19.4 Å². The summed E-state index contributed by atoms with van der Waals surface area (Å²) in [6.45, 7) is 2.12. The van der Waals surface area contributed by atoms with Crippen LogP contribution in [0.4, 0.5) is 11.4 Å². The number of amides is 1. The lowest BCUT2D eigenvalue weighted by molar-refractivity contribution is -0.384. The van der Waals surface area contributed by atoms with Gasteiger partial charge in [0, 0.05) is 43.4 Å². The summed E-state index contributed by atoms with van der Waals surface area (Å²) in [6.07, 6.45) is 1.58. The molecule has 0 bridgehead atoms. The van der Waals surface area contributed by atoms with E-state index in [1.165, 1.54) is 12.1 Å². The van der Waals surface area contributed by atoms with E-state index in [1.807, 2.05) is 30.3 Å². The molecular weight excluding hydrogens is 318 g/mol. The summed E-state index contributed by atoms with van der Waals surface area (Å²) in [5.41, 5.74) is 2.16. The van der Waals surface area contributed by atoms with Crippen LogP contribution in [0.25, 0.3) is 0 Å². The normalized spacial score (nSPS) is 15.0. The van der Waals surface area contributed by atoms with Crippen LogP contribution in [0.5, 0.6) is 0 Å². The number of nitrogens with one attached hydrogen (secondary N) is 1. The van der Waals surface area contributed by atoms with Gasteiger partial charge in [-0.25, -0.2) is 0 Å². The molecule has 0 atom stereocenters. The number of nitro groups is 1. The highest BCUT2D eigenvalue weighted by molar-refractivity contribution is 5.79. The number of non-ortho nitro benzene ring substituents is 1. The van der Waals surface area contributed by atoms with E-state index < -0.39 is 4.92 Å². The predicted octanol–water partition coefficient (Wildman–Crippen LogP) is 3.13. The van der Waals surface area contributed by atoms with Crippen molar-refractivity contribution in [1.82, 2.24) is 5.32 Å². The number of nitro benzene ring substituents is 1. The van der Waals surface area contributed by atoms with E-state index in [-0.39, 0.29) is 17.5 Å². The quantitative estimate of drug-likeness (QED) is 0.671. The minimum absolute atomic E-state index is 0.0259. The Bertz CT molecular complexity index is 723. The molecule has 1 amide bonds. The number of hydrogen-bond acceptors (Lipinski definition) is 4. The number of benzene rings is 2. The van der Waals surface area contributed by atoms with Gasteiger partial charge in [-0.15, -0.1) is 0 Å². The monoisotopic (exact) mass is 339 g/mol. The molecule has 1 heterocycles. The lowest BCUT2D eigenvalue weighted by Crippen LogP contribution is -2.40. The molecule has 1 fully saturated rings. The summed E-state index contributed by atoms with van der Waals surface area (Å²) in [7, 11) is 0. The van der Waals surface area contributed by atoms with Crippen molar-refractivity contribution in [3.63, 3.8) is 0 Å². The Morgan fingerprint density at radius 1 is 1.08 bits per heavy atom. The molecule has 1 N–H and O–H groups in total. The summed E-state index contributed by atoms with van der Waals surface area (Å²) in [5.74, 6) is 0.130. The average Bonchev–Trinajstić information content (AvgIpc) is 2.67. The van der Waals surface area contributed by atoms with Gasteiger partial charge in [-0.3, -0.25) is 14.9 Å². The lowest BCUT2D eigenvalue weighted by atomic mass is 9.95. The molecule has 2 aromatic carbocycles. The van der Waals surface area contributed by atoms with Crippen molar-refractivity contribution in [3.05, 3.63) is 70.3 Å². The van der Waals surface area contributed by atoms with Crippen molar-refractivity contribution in [2.24, 2.45) is 5.92 Å². The summed E-state index contributed by atoms with van der Waals surface area (Å²) in [6, 6.07) is 16.5. The molecule has 1 aliphatic heterocycles. The van der Waals surface area contributed by atoms with Crippen molar-refractivity contribution in [2.75, 3.05) is 18.0 Å². The third-order valence-electron chi connectivity index (χ3n) is 4.60. The second-order valence-corrected chi connectivity index (χ2v) is 6.24. The van der Waals surface area contributed by atoms with E-state index >= 15 is 0 Å². The molecule has 3 rings (SSSR count). The second kappa shape index (κ2) is 7.79. The number of hydrogen-bond donors (Lipinski definition) is 1. The first-order valence-electron chi connectivity index (χ1n) is 8.44. The van der Waals surface area contributed by atoms with Gasteiger partial charge in [0.15, 0.2) is 0 Å². The molecular formula is C19H21N3O3. The van der Waals surface area contributed by atoms with Gasteiger partial charge in [0.2, 0.25) is 5.91 Å². The Kier molecular flexibility index (Phi) is 5.28. The maximum absolute atomic E-state index is 12.3. The first-order valence-corrected chi connectivity index (χ1v) is 8.44. The Hall–Kier alpha value is -2.89. The van der Waals surface area contributed by atoms with Gasteiger partial charge in [-0.2, -0.15) is 0 Å². The highest BCUT2D eigenvalue weighted by atomic mass is 16.6. The molecule has 0 aromatic heterocycles. The molecule has 0 aliphatic carbocycles. The van der Waals surface area contributed by atoms with Crippen LogP contribution >= 0.6 is 0 Å². The fourth-order valence-electron chi connectivity index (χ4n) is 3.11. The molecule has 0 radical (unpaired) electrons. The third kappa shape index (κ3) is 4.35.